The summed E-state index contributed by atoms with van der Waals surface area (Å²) in [5.74, 6) is 0.0396. The Hall–Kier alpha value is -1.11. The van der Waals surface area contributed by atoms with Gasteiger partial charge in [0.25, 0.3) is 0 Å². The van der Waals surface area contributed by atoms with Gasteiger partial charge in [0.05, 0.1) is 17.7 Å². The number of amides is 1. The van der Waals surface area contributed by atoms with Gasteiger partial charge in [0.2, 0.25) is 5.91 Å². The average Bonchev–Trinajstić information content (AvgIpc) is 2.41. The molecule has 1 aliphatic heterocycles. The Balaban J connectivity index is 1.88. The summed E-state index contributed by atoms with van der Waals surface area (Å²) in [6, 6.07) is 5.90. The van der Waals surface area contributed by atoms with E-state index in [9.17, 15) is 4.79 Å². The maximum Gasteiger partial charge on any atom is 0.228 e. The fourth-order valence-electron chi connectivity index (χ4n) is 2.82. The van der Waals surface area contributed by atoms with Crippen molar-refractivity contribution in [3.05, 3.63) is 30.1 Å². The lowest BCUT2D eigenvalue weighted by Crippen LogP contribution is -2.63. The van der Waals surface area contributed by atoms with Gasteiger partial charge in [-0.25, -0.2) is 0 Å². The van der Waals surface area contributed by atoms with E-state index >= 15 is 0 Å². The van der Waals surface area contributed by atoms with Crippen LogP contribution in [-0.4, -0.2) is 36.2 Å². The van der Waals surface area contributed by atoms with E-state index in [4.69, 9.17) is 16.6 Å². The zero-order chi connectivity index (χ0) is 16.3. The molecule has 0 spiro atoms. The van der Waals surface area contributed by atoms with Crippen molar-refractivity contribution in [3.8, 4) is 0 Å². The Morgan fingerprint density at radius 3 is 2.73 bits per heavy atom. The quantitative estimate of drug-likeness (QED) is 0.360. The van der Waals surface area contributed by atoms with Crippen molar-refractivity contribution in [1.29, 1.82) is 0 Å². The highest BCUT2D eigenvalue weighted by Crippen LogP contribution is 2.27. The number of nitrogens with zero attached hydrogens (tertiary/aromatic N) is 1. The van der Waals surface area contributed by atoms with Crippen molar-refractivity contribution in [1.82, 2.24) is 10.3 Å². The Kier molecular flexibility index (Phi) is 5.47. The van der Waals surface area contributed by atoms with Gasteiger partial charge in [0, 0.05) is 17.1 Å². The van der Waals surface area contributed by atoms with Crippen LogP contribution in [0, 0.1) is 5.92 Å². The first-order valence-corrected chi connectivity index (χ1v) is 11.5. The van der Waals surface area contributed by atoms with Crippen LogP contribution in [0.4, 0.5) is 0 Å². The number of aromatic nitrogens is 1. The Morgan fingerprint density at radius 2 is 2.18 bits per heavy atom. The molecular weight excluding hydrogens is 312 g/mol. The van der Waals surface area contributed by atoms with E-state index in [0.717, 1.165) is 23.4 Å². The third-order valence-electron chi connectivity index (χ3n) is 3.74. The predicted octanol–water partition coefficient (Wildman–Crippen LogP) is 2.93. The molecule has 6 heteroatoms. The molecule has 2 rings (SSSR count). The zero-order valence-corrected chi connectivity index (χ0v) is 15.4. The highest BCUT2D eigenvalue weighted by atomic mass is 32.1. The first kappa shape index (κ1) is 17.2. The summed E-state index contributed by atoms with van der Waals surface area (Å²) < 4.78 is 6.07. The average molecular weight is 337 g/mol. The summed E-state index contributed by atoms with van der Waals surface area (Å²) >= 11 is 5.43. The molecule has 1 saturated heterocycles. The summed E-state index contributed by atoms with van der Waals surface area (Å²) in [5, 5.41) is 2.98. The number of rotatable bonds is 7. The van der Waals surface area contributed by atoms with Crippen molar-refractivity contribution in [2.24, 2.45) is 5.92 Å². The monoisotopic (exact) mass is 336 g/mol. The van der Waals surface area contributed by atoms with Gasteiger partial charge in [-0.15, -0.1) is 0 Å². The van der Waals surface area contributed by atoms with E-state index < -0.39 is 8.32 Å². The molecule has 3 atom stereocenters. The minimum Gasteiger partial charge on any atom is -0.414 e. The fraction of sp³-hybridized carbons (Fsp3) is 0.562. The van der Waals surface area contributed by atoms with Gasteiger partial charge in [-0.1, -0.05) is 18.3 Å². The van der Waals surface area contributed by atoms with Crippen molar-refractivity contribution < 1.29 is 9.22 Å². The topological polar surface area (TPSA) is 51.2 Å². The van der Waals surface area contributed by atoms with Crippen LogP contribution in [0.25, 0.3) is 0 Å². The van der Waals surface area contributed by atoms with Gasteiger partial charge in [-0.05, 0) is 51.5 Å². The highest BCUT2D eigenvalue weighted by Gasteiger charge is 2.44. The van der Waals surface area contributed by atoms with Crippen LogP contribution in [0.3, 0.4) is 0 Å². The van der Waals surface area contributed by atoms with Crippen LogP contribution < -0.4 is 5.32 Å². The number of β-lactam (4-membered cyclic amide) rings is 1. The van der Waals surface area contributed by atoms with Gasteiger partial charge in [-0.2, -0.15) is 0 Å². The molecule has 0 saturated carbocycles. The summed E-state index contributed by atoms with van der Waals surface area (Å²) in [4.78, 5) is 17.0. The lowest BCUT2D eigenvalue weighted by Gasteiger charge is -2.42. The molecule has 1 fully saturated rings. The van der Waals surface area contributed by atoms with Crippen LogP contribution in [0.1, 0.15) is 25.5 Å². The van der Waals surface area contributed by atoms with Gasteiger partial charge >= 0.3 is 0 Å². The van der Waals surface area contributed by atoms with Crippen molar-refractivity contribution in [2.75, 3.05) is 0 Å². The number of carbonyl (C=O) groups is 1. The van der Waals surface area contributed by atoms with E-state index in [2.05, 4.69) is 29.9 Å². The van der Waals surface area contributed by atoms with E-state index in [1.807, 2.05) is 25.1 Å². The first-order valence-electron chi connectivity index (χ1n) is 7.70. The van der Waals surface area contributed by atoms with Gasteiger partial charge in [0.1, 0.15) is 0 Å². The van der Waals surface area contributed by atoms with E-state index in [1.165, 1.54) is 0 Å². The van der Waals surface area contributed by atoms with Crippen molar-refractivity contribution in [3.63, 3.8) is 0 Å². The minimum atomic E-state index is -1.64. The highest BCUT2D eigenvalue weighted by molar-refractivity contribution is 7.80. The number of carbonyl (C=O) groups excluding carboxylic acids is 1. The van der Waals surface area contributed by atoms with Crippen LogP contribution in [0.5, 0.6) is 0 Å². The first-order chi connectivity index (χ1) is 10.3. The molecule has 1 aliphatic rings. The fourth-order valence-corrected chi connectivity index (χ4v) is 4.32. The molecule has 1 aromatic rings. The number of hydrogen-bond donors (Lipinski definition) is 1. The molecular formula is C16H24N2O2SSi. The lowest BCUT2D eigenvalue weighted by molar-refractivity contribution is -0.139. The molecule has 1 amide bonds. The molecule has 22 heavy (non-hydrogen) atoms. The molecule has 0 radical (unpaired) electrons. The maximum absolute atomic E-state index is 11.9. The molecule has 0 aliphatic carbocycles. The second kappa shape index (κ2) is 6.98. The van der Waals surface area contributed by atoms with E-state index in [0.29, 0.717) is 0 Å². The number of thiocarbonyl (C=S) groups is 1. The van der Waals surface area contributed by atoms with Gasteiger partial charge in [0.15, 0.2) is 8.32 Å². The second-order valence-corrected chi connectivity index (χ2v) is 11.7. The SMILES string of the molecule is C[C@@H](O[Si](C)(C)C)[C@H]1C(=O)N[C@H]1CCC(=S)c1ccccn1. The van der Waals surface area contributed by atoms with E-state index in [-0.39, 0.29) is 24.0 Å². The smallest absolute Gasteiger partial charge is 0.228 e. The maximum atomic E-state index is 11.9. The third kappa shape index (κ3) is 4.44. The number of pyridine rings is 1. The molecule has 1 aromatic heterocycles. The molecule has 0 aromatic carbocycles. The normalized spacial score (nSPS) is 22.6. The Bertz CT molecular complexity index is 545. The summed E-state index contributed by atoms with van der Waals surface area (Å²) in [6.07, 6.45) is 3.31. The molecule has 120 valence electrons. The molecule has 2 heterocycles. The van der Waals surface area contributed by atoms with Crippen LogP contribution in [0.2, 0.25) is 19.6 Å². The predicted molar refractivity (Wildman–Crippen MR) is 94.5 cm³/mol. The summed E-state index contributed by atoms with van der Waals surface area (Å²) in [6.45, 7) is 8.44. The standard InChI is InChI=1S/C16H24N2O2SSi/c1-11(20-22(2,3)4)15-13(18-16(15)19)8-9-14(21)12-7-5-6-10-17-12/h5-7,10-11,13,15H,8-9H2,1-4H3,(H,18,19)/t11-,13+,15-/m1/s1. The molecule has 4 nitrogen and oxygen atoms in total. The minimum absolute atomic E-state index is 0.0335. The van der Waals surface area contributed by atoms with Gasteiger partial charge in [-0.3, -0.25) is 9.78 Å². The zero-order valence-electron chi connectivity index (χ0n) is 13.6. The Morgan fingerprint density at radius 1 is 1.45 bits per heavy atom. The summed E-state index contributed by atoms with van der Waals surface area (Å²) in [5.41, 5.74) is 0.853. The molecule has 1 N–H and O–H groups in total. The molecule has 0 bridgehead atoms. The lowest BCUT2D eigenvalue weighted by atomic mass is 9.83. The number of nitrogens with one attached hydrogen (secondary N) is 1. The van der Waals surface area contributed by atoms with E-state index in [1.54, 1.807) is 6.20 Å². The largest absolute Gasteiger partial charge is 0.414 e. The second-order valence-electron chi connectivity index (χ2n) is 6.75. The van der Waals surface area contributed by atoms with Gasteiger partial charge < -0.3 is 9.74 Å². The van der Waals surface area contributed by atoms with Crippen LogP contribution in [0.15, 0.2) is 24.4 Å². The summed E-state index contributed by atoms with van der Waals surface area (Å²) in [7, 11) is -1.64. The third-order valence-corrected chi connectivity index (χ3v) is 5.23. The van der Waals surface area contributed by atoms with Crippen molar-refractivity contribution >= 4 is 31.3 Å². The van der Waals surface area contributed by atoms with Crippen LogP contribution in [-0.2, 0) is 9.22 Å². The number of hydrogen-bond acceptors (Lipinski definition) is 4. The van der Waals surface area contributed by atoms with Crippen LogP contribution >= 0.6 is 12.2 Å². The Labute approximate surface area is 138 Å². The van der Waals surface area contributed by atoms with Crippen molar-refractivity contribution in [2.45, 2.75) is 51.6 Å². The molecule has 0 unspecified atom stereocenters.